The minimum Gasteiger partial charge on any atom is -0.454 e. The Balaban J connectivity index is 2.27. The molecule has 0 saturated carbocycles. The van der Waals surface area contributed by atoms with Crippen molar-refractivity contribution in [2.45, 2.75) is 0 Å². The van der Waals surface area contributed by atoms with Crippen LogP contribution >= 0.6 is 22.6 Å². The lowest BCUT2D eigenvalue weighted by atomic mass is 10.3. The molecule has 1 aromatic heterocycles. The number of hydrogen-bond donors (Lipinski definition) is 0. The van der Waals surface area contributed by atoms with Crippen molar-refractivity contribution in [3.05, 3.63) is 51.9 Å². The summed E-state index contributed by atoms with van der Waals surface area (Å²) in [5, 5.41) is 8.85. The molecule has 16 heavy (non-hydrogen) atoms. The summed E-state index contributed by atoms with van der Waals surface area (Å²) in [4.78, 5) is 3.92. The Kier molecular flexibility index (Phi) is 3.37. The van der Waals surface area contributed by atoms with E-state index in [1.807, 2.05) is 30.3 Å². The van der Waals surface area contributed by atoms with E-state index in [9.17, 15) is 0 Å². The maximum atomic E-state index is 8.85. The number of nitriles is 1. The van der Waals surface area contributed by atoms with Gasteiger partial charge < -0.3 is 4.74 Å². The van der Waals surface area contributed by atoms with Crippen molar-refractivity contribution in [1.82, 2.24) is 4.98 Å². The Bertz CT molecular complexity index is 531. The van der Waals surface area contributed by atoms with Gasteiger partial charge in [-0.3, -0.25) is 0 Å². The van der Waals surface area contributed by atoms with Crippen LogP contribution in [0.4, 0.5) is 0 Å². The quantitative estimate of drug-likeness (QED) is 0.797. The lowest BCUT2D eigenvalue weighted by Gasteiger charge is -2.05. The zero-order chi connectivity index (χ0) is 11.4. The number of pyridine rings is 1. The van der Waals surface area contributed by atoms with Crippen LogP contribution in [-0.2, 0) is 0 Å². The van der Waals surface area contributed by atoms with Crippen LogP contribution in [-0.4, -0.2) is 4.98 Å². The molecule has 0 unspecified atom stereocenters. The standard InChI is InChI=1S/C12H7IN2O/c13-9-3-5-10(6-4-9)16-12-2-1-7-15-11(12)8-14/h1-7H. The molecule has 1 aromatic carbocycles. The van der Waals surface area contributed by atoms with Gasteiger partial charge in [0.25, 0.3) is 0 Å². The number of rotatable bonds is 2. The van der Waals surface area contributed by atoms with Gasteiger partial charge in [-0.15, -0.1) is 0 Å². The van der Waals surface area contributed by atoms with Gasteiger partial charge in [0, 0.05) is 9.77 Å². The van der Waals surface area contributed by atoms with Crippen LogP contribution in [0.1, 0.15) is 5.69 Å². The predicted molar refractivity (Wildman–Crippen MR) is 68.2 cm³/mol. The predicted octanol–water partition coefficient (Wildman–Crippen LogP) is 3.35. The van der Waals surface area contributed by atoms with Crippen LogP contribution < -0.4 is 4.74 Å². The van der Waals surface area contributed by atoms with E-state index in [-0.39, 0.29) is 0 Å². The maximum absolute atomic E-state index is 8.85. The monoisotopic (exact) mass is 322 g/mol. The zero-order valence-electron chi connectivity index (χ0n) is 8.22. The summed E-state index contributed by atoms with van der Waals surface area (Å²) in [6, 6.07) is 13.1. The molecule has 0 aliphatic heterocycles. The molecule has 4 heteroatoms. The first kappa shape index (κ1) is 10.9. The Morgan fingerprint density at radius 3 is 2.62 bits per heavy atom. The molecule has 0 N–H and O–H groups in total. The van der Waals surface area contributed by atoms with Crippen LogP contribution in [0.2, 0.25) is 0 Å². The van der Waals surface area contributed by atoms with Crippen molar-refractivity contribution >= 4 is 22.6 Å². The largest absolute Gasteiger partial charge is 0.454 e. The molecule has 0 spiro atoms. The van der Waals surface area contributed by atoms with Gasteiger partial charge >= 0.3 is 0 Å². The van der Waals surface area contributed by atoms with Crippen LogP contribution in [0.3, 0.4) is 0 Å². The van der Waals surface area contributed by atoms with Crippen molar-refractivity contribution in [2.24, 2.45) is 0 Å². The summed E-state index contributed by atoms with van der Waals surface area (Å²) in [6.07, 6.45) is 1.57. The number of nitrogens with zero attached hydrogens (tertiary/aromatic N) is 2. The third kappa shape index (κ3) is 2.49. The van der Waals surface area contributed by atoms with E-state index in [0.717, 1.165) is 3.57 Å². The molecule has 0 radical (unpaired) electrons. The number of aromatic nitrogens is 1. The van der Waals surface area contributed by atoms with E-state index in [0.29, 0.717) is 17.2 Å². The number of hydrogen-bond acceptors (Lipinski definition) is 3. The molecule has 0 aliphatic carbocycles. The molecular formula is C12H7IN2O. The fourth-order valence-corrected chi connectivity index (χ4v) is 1.55. The SMILES string of the molecule is N#Cc1ncccc1Oc1ccc(I)cc1. The first-order chi connectivity index (χ1) is 7.79. The molecular weight excluding hydrogens is 315 g/mol. The van der Waals surface area contributed by atoms with Crippen molar-refractivity contribution < 1.29 is 4.74 Å². The second-order valence-electron chi connectivity index (χ2n) is 3.02. The summed E-state index contributed by atoms with van der Waals surface area (Å²) in [7, 11) is 0. The van der Waals surface area contributed by atoms with Gasteiger partial charge in [-0.05, 0) is 59.0 Å². The summed E-state index contributed by atoms with van der Waals surface area (Å²) in [5.41, 5.74) is 0.293. The molecule has 3 nitrogen and oxygen atoms in total. The topological polar surface area (TPSA) is 45.9 Å². The highest BCUT2D eigenvalue weighted by atomic mass is 127. The highest BCUT2D eigenvalue weighted by Crippen LogP contribution is 2.23. The van der Waals surface area contributed by atoms with Gasteiger partial charge in [-0.2, -0.15) is 5.26 Å². The third-order valence-electron chi connectivity index (χ3n) is 1.92. The van der Waals surface area contributed by atoms with Gasteiger partial charge in [0.1, 0.15) is 11.8 Å². The minimum atomic E-state index is 0.293. The Morgan fingerprint density at radius 2 is 1.94 bits per heavy atom. The molecule has 0 aliphatic rings. The van der Waals surface area contributed by atoms with Crippen LogP contribution in [0.25, 0.3) is 0 Å². The van der Waals surface area contributed by atoms with E-state index in [1.54, 1.807) is 18.3 Å². The molecule has 0 saturated heterocycles. The van der Waals surface area contributed by atoms with Crippen molar-refractivity contribution in [1.29, 1.82) is 5.26 Å². The van der Waals surface area contributed by atoms with Crippen LogP contribution in [0, 0.1) is 14.9 Å². The Hall–Kier alpha value is -1.61. The molecule has 0 bridgehead atoms. The first-order valence-electron chi connectivity index (χ1n) is 4.58. The average Bonchev–Trinajstić information content (AvgIpc) is 2.33. The van der Waals surface area contributed by atoms with Gasteiger partial charge in [-0.1, -0.05) is 0 Å². The fourth-order valence-electron chi connectivity index (χ4n) is 1.19. The molecule has 0 atom stereocenters. The normalized spacial score (nSPS) is 9.50. The summed E-state index contributed by atoms with van der Waals surface area (Å²) in [6.45, 7) is 0. The molecule has 0 fully saturated rings. The Morgan fingerprint density at radius 1 is 1.19 bits per heavy atom. The fraction of sp³-hybridized carbons (Fsp3) is 0. The second-order valence-corrected chi connectivity index (χ2v) is 4.26. The highest BCUT2D eigenvalue weighted by molar-refractivity contribution is 14.1. The second kappa shape index (κ2) is 4.94. The van der Waals surface area contributed by atoms with Crippen molar-refractivity contribution in [3.8, 4) is 17.6 Å². The third-order valence-corrected chi connectivity index (χ3v) is 2.64. The number of ether oxygens (including phenoxy) is 1. The first-order valence-corrected chi connectivity index (χ1v) is 5.66. The van der Waals surface area contributed by atoms with E-state index in [4.69, 9.17) is 10.00 Å². The molecule has 0 amide bonds. The highest BCUT2D eigenvalue weighted by Gasteiger charge is 2.04. The lowest BCUT2D eigenvalue weighted by molar-refractivity contribution is 0.478. The van der Waals surface area contributed by atoms with E-state index < -0.39 is 0 Å². The van der Waals surface area contributed by atoms with Gasteiger partial charge in [-0.25, -0.2) is 4.98 Å². The average molecular weight is 322 g/mol. The van der Waals surface area contributed by atoms with Gasteiger partial charge in [0.2, 0.25) is 0 Å². The minimum absolute atomic E-state index is 0.293. The summed E-state index contributed by atoms with van der Waals surface area (Å²) >= 11 is 2.22. The number of halogens is 1. The van der Waals surface area contributed by atoms with E-state index >= 15 is 0 Å². The van der Waals surface area contributed by atoms with Gasteiger partial charge in [0.05, 0.1) is 0 Å². The molecule has 2 aromatic rings. The molecule has 78 valence electrons. The number of benzene rings is 1. The molecule has 2 rings (SSSR count). The summed E-state index contributed by atoms with van der Waals surface area (Å²) in [5.74, 6) is 1.18. The smallest absolute Gasteiger partial charge is 0.183 e. The Labute approximate surface area is 107 Å². The van der Waals surface area contributed by atoms with E-state index in [2.05, 4.69) is 27.6 Å². The van der Waals surface area contributed by atoms with Crippen molar-refractivity contribution in [2.75, 3.05) is 0 Å². The molecule has 1 heterocycles. The van der Waals surface area contributed by atoms with Crippen molar-refractivity contribution in [3.63, 3.8) is 0 Å². The summed E-state index contributed by atoms with van der Waals surface area (Å²) < 4.78 is 6.70. The van der Waals surface area contributed by atoms with E-state index in [1.165, 1.54) is 0 Å². The lowest BCUT2D eigenvalue weighted by Crippen LogP contribution is -1.90. The van der Waals surface area contributed by atoms with Crippen LogP contribution in [0.15, 0.2) is 42.6 Å². The zero-order valence-corrected chi connectivity index (χ0v) is 10.4. The van der Waals surface area contributed by atoms with Crippen LogP contribution in [0.5, 0.6) is 11.5 Å². The van der Waals surface area contributed by atoms with Gasteiger partial charge in [0.15, 0.2) is 11.4 Å². The maximum Gasteiger partial charge on any atom is 0.183 e.